The molecule has 1 N–H and O–H groups in total. The maximum absolute atomic E-state index is 12.4. The lowest BCUT2D eigenvalue weighted by Crippen LogP contribution is -2.49. The summed E-state index contributed by atoms with van der Waals surface area (Å²) in [7, 11) is 1.60. The number of benzene rings is 2. The van der Waals surface area contributed by atoms with Crippen molar-refractivity contribution in [3.05, 3.63) is 60.2 Å². The Morgan fingerprint density at radius 1 is 1.08 bits per heavy atom. The first-order chi connectivity index (χ1) is 11.4. The first-order valence-electron chi connectivity index (χ1n) is 8.06. The lowest BCUT2D eigenvalue weighted by Gasteiger charge is -2.28. The summed E-state index contributed by atoms with van der Waals surface area (Å²) in [5, 5.41) is 3.06. The molecule has 0 fully saturated rings. The molecule has 0 radical (unpaired) electrons. The van der Waals surface area contributed by atoms with Gasteiger partial charge >= 0.3 is 0 Å². The van der Waals surface area contributed by atoms with Gasteiger partial charge < -0.3 is 14.8 Å². The van der Waals surface area contributed by atoms with E-state index in [9.17, 15) is 4.79 Å². The van der Waals surface area contributed by atoms with Gasteiger partial charge in [0, 0.05) is 11.6 Å². The second-order valence-electron chi connectivity index (χ2n) is 6.47. The van der Waals surface area contributed by atoms with Crippen molar-refractivity contribution in [1.82, 2.24) is 5.32 Å². The topological polar surface area (TPSA) is 47.6 Å². The quantitative estimate of drug-likeness (QED) is 0.845. The second-order valence-corrected chi connectivity index (χ2v) is 6.47. The summed E-state index contributed by atoms with van der Waals surface area (Å²) in [4.78, 5) is 12.4. The third-order valence-corrected chi connectivity index (χ3v) is 3.67. The molecule has 2 aromatic carbocycles. The average Bonchev–Trinajstić information content (AvgIpc) is 2.55. The number of hydrogen-bond acceptors (Lipinski definition) is 3. The first kappa shape index (κ1) is 17.9. The maximum Gasteiger partial charge on any atom is 0.261 e. The number of nitrogens with one attached hydrogen (secondary N) is 1. The third kappa shape index (κ3) is 5.30. The molecule has 0 heterocycles. The molecular formula is C20H25NO3. The van der Waals surface area contributed by atoms with Crippen LogP contribution in [-0.4, -0.2) is 24.7 Å². The Kier molecular flexibility index (Phi) is 5.85. The van der Waals surface area contributed by atoms with Crippen LogP contribution in [0.3, 0.4) is 0 Å². The molecule has 1 unspecified atom stereocenters. The number of carbonyl (C=O) groups excluding carboxylic acids is 1. The van der Waals surface area contributed by atoms with Crippen LogP contribution in [0.5, 0.6) is 11.5 Å². The first-order valence-corrected chi connectivity index (χ1v) is 8.06. The number of hydrogen-bond donors (Lipinski definition) is 1. The molecule has 0 aromatic heterocycles. The third-order valence-electron chi connectivity index (χ3n) is 3.67. The minimum absolute atomic E-state index is 0.140. The molecule has 0 aliphatic carbocycles. The van der Waals surface area contributed by atoms with Crippen LogP contribution in [0.1, 0.15) is 26.3 Å². The van der Waals surface area contributed by atoms with E-state index in [0.717, 1.165) is 6.42 Å². The monoisotopic (exact) mass is 327 g/mol. The van der Waals surface area contributed by atoms with Crippen molar-refractivity contribution in [2.24, 2.45) is 0 Å². The van der Waals surface area contributed by atoms with Gasteiger partial charge in [0.15, 0.2) is 6.10 Å². The van der Waals surface area contributed by atoms with E-state index in [4.69, 9.17) is 9.47 Å². The van der Waals surface area contributed by atoms with Crippen molar-refractivity contribution in [2.75, 3.05) is 7.11 Å². The van der Waals surface area contributed by atoms with Crippen LogP contribution in [0, 0.1) is 0 Å². The summed E-state index contributed by atoms with van der Waals surface area (Å²) in [5.41, 5.74) is 0.828. The highest BCUT2D eigenvalue weighted by molar-refractivity contribution is 5.81. The van der Waals surface area contributed by atoms with Crippen molar-refractivity contribution in [1.29, 1.82) is 0 Å². The minimum Gasteiger partial charge on any atom is -0.497 e. The van der Waals surface area contributed by atoms with E-state index in [-0.39, 0.29) is 11.4 Å². The van der Waals surface area contributed by atoms with Gasteiger partial charge in [0.2, 0.25) is 0 Å². The molecule has 0 saturated carbocycles. The smallest absolute Gasteiger partial charge is 0.261 e. The molecule has 2 aromatic rings. The zero-order valence-corrected chi connectivity index (χ0v) is 14.7. The van der Waals surface area contributed by atoms with Crippen molar-refractivity contribution in [3.8, 4) is 11.5 Å². The van der Waals surface area contributed by atoms with E-state index in [1.165, 1.54) is 5.56 Å². The van der Waals surface area contributed by atoms with Crippen LogP contribution in [0.2, 0.25) is 0 Å². The predicted octanol–water partition coefficient (Wildman–Crippen LogP) is 3.60. The molecule has 1 amide bonds. The summed E-state index contributed by atoms with van der Waals surface area (Å²) < 4.78 is 10.9. The van der Waals surface area contributed by atoms with Crippen LogP contribution in [-0.2, 0) is 11.2 Å². The number of ether oxygens (including phenoxy) is 2. The minimum atomic E-state index is -0.591. The Labute approximate surface area is 143 Å². The van der Waals surface area contributed by atoms with Crippen molar-refractivity contribution >= 4 is 5.91 Å². The number of methoxy groups -OCH3 is 1. The van der Waals surface area contributed by atoms with Crippen LogP contribution in [0.4, 0.5) is 0 Å². The van der Waals surface area contributed by atoms with Gasteiger partial charge in [0.1, 0.15) is 11.5 Å². The van der Waals surface area contributed by atoms with Gasteiger partial charge in [0.05, 0.1) is 7.11 Å². The highest BCUT2D eigenvalue weighted by Crippen LogP contribution is 2.20. The van der Waals surface area contributed by atoms with Gasteiger partial charge in [-0.05, 0) is 44.9 Å². The highest BCUT2D eigenvalue weighted by atomic mass is 16.5. The summed E-state index contributed by atoms with van der Waals surface area (Å²) >= 11 is 0. The van der Waals surface area contributed by atoms with Gasteiger partial charge in [-0.15, -0.1) is 0 Å². The standard InChI is InChI=1S/C20H25NO3/c1-15(24-18-12-8-11-17(13-18)23-4)19(22)21-20(2,3)14-16-9-6-5-7-10-16/h5-13,15H,14H2,1-4H3,(H,21,22). The normalized spacial score (nSPS) is 12.3. The highest BCUT2D eigenvalue weighted by Gasteiger charge is 2.25. The van der Waals surface area contributed by atoms with Crippen molar-refractivity contribution < 1.29 is 14.3 Å². The summed E-state index contributed by atoms with van der Waals surface area (Å²) in [6.07, 6.45) is 0.165. The molecule has 1 atom stereocenters. The Morgan fingerprint density at radius 2 is 1.75 bits per heavy atom. The Bertz CT molecular complexity index is 668. The zero-order chi connectivity index (χ0) is 17.6. The van der Waals surface area contributed by atoms with Gasteiger partial charge in [-0.2, -0.15) is 0 Å². The molecule has 0 bridgehead atoms. The van der Waals surface area contributed by atoms with Gasteiger partial charge in [-0.3, -0.25) is 4.79 Å². The molecule has 4 heteroatoms. The lowest BCUT2D eigenvalue weighted by atomic mass is 9.94. The van der Waals surface area contributed by atoms with E-state index in [0.29, 0.717) is 11.5 Å². The van der Waals surface area contributed by atoms with E-state index in [1.807, 2.05) is 44.2 Å². The van der Waals surface area contributed by atoms with Crippen LogP contribution in [0.25, 0.3) is 0 Å². The van der Waals surface area contributed by atoms with Crippen LogP contribution < -0.4 is 14.8 Å². The summed E-state index contributed by atoms with van der Waals surface area (Å²) in [5.74, 6) is 1.17. The Balaban J connectivity index is 1.94. The fourth-order valence-electron chi connectivity index (χ4n) is 2.52. The molecule has 0 spiro atoms. The van der Waals surface area contributed by atoms with Gasteiger partial charge in [-0.1, -0.05) is 36.4 Å². The van der Waals surface area contributed by atoms with Crippen molar-refractivity contribution in [3.63, 3.8) is 0 Å². The predicted molar refractivity (Wildman–Crippen MR) is 95.5 cm³/mol. The lowest BCUT2D eigenvalue weighted by molar-refractivity contribution is -0.128. The van der Waals surface area contributed by atoms with Crippen LogP contribution in [0.15, 0.2) is 54.6 Å². The number of carbonyl (C=O) groups is 1. The molecule has 0 aliphatic rings. The molecule has 4 nitrogen and oxygen atoms in total. The number of rotatable bonds is 7. The van der Waals surface area contributed by atoms with E-state index >= 15 is 0 Å². The SMILES string of the molecule is COc1cccc(OC(C)C(=O)NC(C)(C)Cc2ccccc2)c1. The fourth-order valence-corrected chi connectivity index (χ4v) is 2.52. The summed E-state index contributed by atoms with van der Waals surface area (Å²) in [6.45, 7) is 5.76. The van der Waals surface area contributed by atoms with Gasteiger partial charge in [-0.25, -0.2) is 0 Å². The molecule has 2 rings (SSSR count). The van der Waals surface area contributed by atoms with Crippen molar-refractivity contribution in [2.45, 2.75) is 38.8 Å². The fraction of sp³-hybridized carbons (Fsp3) is 0.350. The van der Waals surface area contributed by atoms with E-state index in [1.54, 1.807) is 26.2 Å². The molecule has 24 heavy (non-hydrogen) atoms. The Hall–Kier alpha value is -2.49. The van der Waals surface area contributed by atoms with Gasteiger partial charge in [0.25, 0.3) is 5.91 Å². The molecular weight excluding hydrogens is 302 g/mol. The zero-order valence-electron chi connectivity index (χ0n) is 14.7. The van der Waals surface area contributed by atoms with E-state index < -0.39 is 6.10 Å². The molecule has 0 saturated heterocycles. The Morgan fingerprint density at radius 3 is 2.42 bits per heavy atom. The second kappa shape index (κ2) is 7.86. The van der Waals surface area contributed by atoms with Crippen LogP contribution >= 0.6 is 0 Å². The van der Waals surface area contributed by atoms with E-state index in [2.05, 4.69) is 17.4 Å². The largest absolute Gasteiger partial charge is 0.497 e. The summed E-state index contributed by atoms with van der Waals surface area (Å²) in [6, 6.07) is 17.3. The average molecular weight is 327 g/mol. The molecule has 0 aliphatic heterocycles. The number of amides is 1. The maximum atomic E-state index is 12.4. The molecule has 128 valence electrons.